The van der Waals surface area contributed by atoms with E-state index < -0.39 is 24.0 Å². The number of ether oxygens (including phenoxy) is 1. The van der Waals surface area contributed by atoms with Crippen molar-refractivity contribution in [2.45, 2.75) is 57.9 Å². The standard InChI is InChI=1S/C22H29N3O5/c1-15(2)9-10-18(26)23-13-20(28)30-14-19(27)25-17-8-4-3-7-16(17)24-21(29)22(25)11-5-6-12-22/h3-4,7-8,15H,5-6,9-14H2,1-2H3,(H,23,26)(H,24,29). The van der Waals surface area contributed by atoms with E-state index >= 15 is 0 Å². The maximum atomic E-state index is 13.1. The highest BCUT2D eigenvalue weighted by molar-refractivity contribution is 6.15. The number of para-hydroxylation sites is 2. The normalized spacial score (nSPS) is 16.9. The number of amides is 3. The Balaban J connectivity index is 1.63. The molecular weight excluding hydrogens is 386 g/mol. The third-order valence-electron chi connectivity index (χ3n) is 5.66. The van der Waals surface area contributed by atoms with E-state index in [0.717, 1.165) is 19.3 Å². The number of hydrogen-bond donors (Lipinski definition) is 2. The van der Waals surface area contributed by atoms with Gasteiger partial charge in [0.25, 0.3) is 11.8 Å². The van der Waals surface area contributed by atoms with Crippen LogP contribution in [0.5, 0.6) is 0 Å². The highest BCUT2D eigenvalue weighted by Crippen LogP contribution is 2.45. The number of benzene rings is 1. The Morgan fingerprint density at radius 2 is 1.90 bits per heavy atom. The van der Waals surface area contributed by atoms with Crippen LogP contribution in [0.3, 0.4) is 0 Å². The van der Waals surface area contributed by atoms with E-state index in [2.05, 4.69) is 10.6 Å². The zero-order chi connectivity index (χ0) is 21.7. The van der Waals surface area contributed by atoms with Crippen LogP contribution in [0.4, 0.5) is 11.4 Å². The molecule has 3 rings (SSSR count). The fourth-order valence-corrected chi connectivity index (χ4v) is 4.07. The zero-order valence-corrected chi connectivity index (χ0v) is 17.5. The highest BCUT2D eigenvalue weighted by Gasteiger charge is 2.52. The van der Waals surface area contributed by atoms with Gasteiger partial charge in [-0.25, -0.2) is 0 Å². The molecule has 2 aliphatic rings. The molecule has 0 radical (unpaired) electrons. The molecule has 1 heterocycles. The molecule has 1 fully saturated rings. The lowest BCUT2D eigenvalue weighted by molar-refractivity contribution is -0.148. The number of rotatable bonds is 7. The minimum atomic E-state index is -0.942. The summed E-state index contributed by atoms with van der Waals surface area (Å²) in [6.45, 7) is 3.27. The van der Waals surface area contributed by atoms with E-state index in [1.54, 1.807) is 24.3 Å². The molecule has 0 bridgehead atoms. The van der Waals surface area contributed by atoms with Crippen molar-refractivity contribution in [3.05, 3.63) is 24.3 Å². The van der Waals surface area contributed by atoms with Gasteiger partial charge in [-0.1, -0.05) is 38.8 Å². The summed E-state index contributed by atoms with van der Waals surface area (Å²) < 4.78 is 5.11. The van der Waals surface area contributed by atoms with Gasteiger partial charge in [0.15, 0.2) is 6.61 Å². The van der Waals surface area contributed by atoms with Crippen LogP contribution in [0.25, 0.3) is 0 Å². The Morgan fingerprint density at radius 3 is 2.60 bits per heavy atom. The van der Waals surface area contributed by atoms with Gasteiger partial charge in [0.1, 0.15) is 12.1 Å². The summed E-state index contributed by atoms with van der Waals surface area (Å²) in [5, 5.41) is 5.42. The molecule has 0 unspecified atom stereocenters. The van der Waals surface area contributed by atoms with E-state index in [0.29, 0.717) is 36.6 Å². The molecule has 162 valence electrons. The molecule has 8 nitrogen and oxygen atoms in total. The predicted octanol–water partition coefficient (Wildman–Crippen LogP) is 2.38. The number of carbonyl (C=O) groups excluding carboxylic acids is 4. The first-order valence-electron chi connectivity index (χ1n) is 10.5. The van der Waals surface area contributed by atoms with E-state index in [9.17, 15) is 19.2 Å². The monoisotopic (exact) mass is 415 g/mol. The molecular formula is C22H29N3O5. The van der Waals surface area contributed by atoms with Crippen molar-refractivity contribution < 1.29 is 23.9 Å². The Morgan fingerprint density at radius 1 is 1.20 bits per heavy atom. The Kier molecular flexibility index (Phi) is 6.74. The van der Waals surface area contributed by atoms with Gasteiger partial charge in [-0.15, -0.1) is 0 Å². The summed E-state index contributed by atoms with van der Waals surface area (Å²) in [4.78, 5) is 51.2. The van der Waals surface area contributed by atoms with Gasteiger partial charge < -0.3 is 15.4 Å². The first-order valence-corrected chi connectivity index (χ1v) is 10.5. The summed E-state index contributed by atoms with van der Waals surface area (Å²) in [7, 11) is 0. The van der Waals surface area contributed by atoms with Crippen molar-refractivity contribution in [3.8, 4) is 0 Å². The smallest absolute Gasteiger partial charge is 0.325 e. The fourth-order valence-electron chi connectivity index (χ4n) is 4.07. The van der Waals surface area contributed by atoms with Crippen LogP contribution in [-0.2, 0) is 23.9 Å². The van der Waals surface area contributed by atoms with Gasteiger partial charge in [-0.3, -0.25) is 24.1 Å². The first kappa shape index (κ1) is 21.8. The van der Waals surface area contributed by atoms with Crippen molar-refractivity contribution in [2.24, 2.45) is 5.92 Å². The van der Waals surface area contributed by atoms with Crippen LogP contribution in [0.2, 0.25) is 0 Å². The van der Waals surface area contributed by atoms with Gasteiger partial charge in [-0.05, 0) is 37.3 Å². The number of esters is 1. The van der Waals surface area contributed by atoms with Crippen molar-refractivity contribution in [1.82, 2.24) is 5.32 Å². The van der Waals surface area contributed by atoms with E-state index in [1.807, 2.05) is 13.8 Å². The second-order valence-electron chi connectivity index (χ2n) is 8.31. The van der Waals surface area contributed by atoms with Crippen LogP contribution in [0, 0.1) is 5.92 Å². The first-order chi connectivity index (χ1) is 14.3. The zero-order valence-electron chi connectivity index (χ0n) is 17.5. The Labute approximate surface area is 176 Å². The van der Waals surface area contributed by atoms with Gasteiger partial charge in [0.2, 0.25) is 5.91 Å². The van der Waals surface area contributed by atoms with Crippen LogP contribution < -0.4 is 15.5 Å². The molecule has 1 spiro atoms. The molecule has 0 aromatic heterocycles. The molecule has 2 N–H and O–H groups in total. The lowest BCUT2D eigenvalue weighted by Crippen LogP contribution is -2.61. The van der Waals surface area contributed by atoms with E-state index in [4.69, 9.17) is 4.74 Å². The second-order valence-corrected chi connectivity index (χ2v) is 8.31. The van der Waals surface area contributed by atoms with Crippen LogP contribution in [-0.4, -0.2) is 42.4 Å². The number of hydrogen-bond acceptors (Lipinski definition) is 5. The minimum absolute atomic E-state index is 0.198. The van der Waals surface area contributed by atoms with Crippen LogP contribution in [0.15, 0.2) is 24.3 Å². The van der Waals surface area contributed by atoms with Crippen molar-refractivity contribution in [2.75, 3.05) is 23.4 Å². The molecule has 1 saturated carbocycles. The minimum Gasteiger partial charge on any atom is -0.454 e. The summed E-state index contributed by atoms with van der Waals surface area (Å²) >= 11 is 0. The van der Waals surface area contributed by atoms with Gasteiger partial charge >= 0.3 is 5.97 Å². The molecule has 1 aliphatic carbocycles. The van der Waals surface area contributed by atoms with E-state index in [-0.39, 0.29) is 18.4 Å². The molecule has 8 heteroatoms. The average molecular weight is 415 g/mol. The summed E-state index contributed by atoms with van der Waals surface area (Å²) in [5.74, 6) is -1.16. The third-order valence-corrected chi connectivity index (χ3v) is 5.66. The van der Waals surface area contributed by atoms with Crippen molar-refractivity contribution in [3.63, 3.8) is 0 Å². The Bertz CT molecular complexity index is 830. The van der Waals surface area contributed by atoms with Crippen molar-refractivity contribution in [1.29, 1.82) is 0 Å². The van der Waals surface area contributed by atoms with Crippen molar-refractivity contribution >= 4 is 35.1 Å². The number of carbonyl (C=O) groups is 4. The number of anilines is 2. The van der Waals surface area contributed by atoms with Gasteiger partial charge in [0.05, 0.1) is 11.4 Å². The molecule has 3 amide bonds. The summed E-state index contributed by atoms with van der Waals surface area (Å²) in [6.07, 6.45) is 3.91. The molecule has 1 aliphatic heterocycles. The summed E-state index contributed by atoms with van der Waals surface area (Å²) in [5.41, 5.74) is 0.238. The topological polar surface area (TPSA) is 105 Å². The fraction of sp³-hybridized carbons (Fsp3) is 0.545. The predicted molar refractivity (Wildman–Crippen MR) is 112 cm³/mol. The lowest BCUT2D eigenvalue weighted by atomic mass is 9.90. The largest absolute Gasteiger partial charge is 0.454 e. The lowest BCUT2D eigenvalue weighted by Gasteiger charge is -2.44. The second kappa shape index (κ2) is 9.28. The molecule has 30 heavy (non-hydrogen) atoms. The van der Waals surface area contributed by atoms with Crippen LogP contribution in [0.1, 0.15) is 52.4 Å². The van der Waals surface area contributed by atoms with Gasteiger partial charge in [-0.2, -0.15) is 0 Å². The molecule has 0 saturated heterocycles. The maximum absolute atomic E-state index is 13.1. The molecule has 0 atom stereocenters. The van der Waals surface area contributed by atoms with E-state index in [1.165, 1.54) is 4.90 Å². The quantitative estimate of drug-likeness (QED) is 0.666. The third kappa shape index (κ3) is 4.63. The molecule has 1 aromatic carbocycles. The summed E-state index contributed by atoms with van der Waals surface area (Å²) in [6, 6.07) is 7.12. The average Bonchev–Trinajstić information content (AvgIpc) is 3.20. The number of nitrogens with zero attached hydrogens (tertiary/aromatic N) is 1. The van der Waals surface area contributed by atoms with Gasteiger partial charge in [0, 0.05) is 6.42 Å². The molecule has 1 aromatic rings. The SMILES string of the molecule is CC(C)CCC(=O)NCC(=O)OCC(=O)N1c2ccccc2NC(=O)C12CCCC2. The Hall–Kier alpha value is -2.90. The van der Waals surface area contributed by atoms with Crippen LogP contribution >= 0.6 is 0 Å². The highest BCUT2D eigenvalue weighted by atomic mass is 16.5. The number of fused-ring (bicyclic) bond motifs is 1. The maximum Gasteiger partial charge on any atom is 0.325 e. The number of nitrogens with one attached hydrogen (secondary N) is 2.